The molecule has 0 spiro atoms. The number of amides is 1. The Labute approximate surface area is 101 Å². The van der Waals surface area contributed by atoms with E-state index < -0.39 is 0 Å². The molecular weight excluding hydrogens is 222 g/mol. The molecule has 2 rings (SSSR count). The zero-order chi connectivity index (χ0) is 11.5. The van der Waals surface area contributed by atoms with Crippen molar-refractivity contribution in [3.8, 4) is 0 Å². The number of hydrogen-bond acceptors (Lipinski definition) is 1. The molecule has 1 saturated carbocycles. The molecule has 0 saturated heterocycles. The summed E-state index contributed by atoms with van der Waals surface area (Å²) in [6, 6.07) is 7.73. The Hall–Kier alpha value is -1.02. The fraction of sp³-hybridized carbons (Fsp3) is 0.462. The average molecular weight is 238 g/mol. The molecule has 2 nitrogen and oxygen atoms in total. The standard InChI is InChI=1S/C13H16ClNO/c1-9-5-7-10(8-6-9)13(16)15-12-4-2-3-11(12)14/h5-8,11-12H,2-4H2,1H3,(H,15,16). The van der Waals surface area contributed by atoms with E-state index in [0.717, 1.165) is 24.8 Å². The molecule has 0 bridgehead atoms. The molecular formula is C13H16ClNO. The van der Waals surface area contributed by atoms with E-state index in [0.29, 0.717) is 5.56 Å². The number of carbonyl (C=O) groups excluding carboxylic acids is 1. The van der Waals surface area contributed by atoms with Crippen molar-refractivity contribution < 1.29 is 4.79 Å². The monoisotopic (exact) mass is 237 g/mol. The summed E-state index contributed by atoms with van der Waals surface area (Å²) in [6.45, 7) is 2.01. The van der Waals surface area contributed by atoms with Crippen LogP contribution in [-0.4, -0.2) is 17.3 Å². The maximum atomic E-state index is 11.9. The number of carbonyl (C=O) groups is 1. The minimum Gasteiger partial charge on any atom is -0.348 e. The van der Waals surface area contributed by atoms with Gasteiger partial charge in [-0.1, -0.05) is 17.7 Å². The summed E-state index contributed by atoms with van der Waals surface area (Å²) >= 11 is 6.12. The molecule has 2 unspecified atom stereocenters. The molecule has 1 N–H and O–H groups in total. The van der Waals surface area contributed by atoms with E-state index in [4.69, 9.17) is 11.6 Å². The van der Waals surface area contributed by atoms with Crippen molar-refractivity contribution in [2.45, 2.75) is 37.6 Å². The summed E-state index contributed by atoms with van der Waals surface area (Å²) in [5.74, 6) is -0.0162. The van der Waals surface area contributed by atoms with Gasteiger partial charge in [0.05, 0.1) is 5.38 Å². The third kappa shape index (κ3) is 2.56. The Morgan fingerprint density at radius 1 is 1.31 bits per heavy atom. The molecule has 0 radical (unpaired) electrons. The van der Waals surface area contributed by atoms with Gasteiger partial charge in [-0.15, -0.1) is 11.6 Å². The average Bonchev–Trinajstić information content (AvgIpc) is 2.65. The lowest BCUT2D eigenvalue weighted by Crippen LogP contribution is -2.37. The summed E-state index contributed by atoms with van der Waals surface area (Å²) in [4.78, 5) is 11.9. The van der Waals surface area contributed by atoms with Gasteiger partial charge in [0.1, 0.15) is 0 Å². The van der Waals surface area contributed by atoms with Crippen LogP contribution in [0.5, 0.6) is 0 Å². The predicted molar refractivity (Wildman–Crippen MR) is 65.9 cm³/mol. The Morgan fingerprint density at radius 2 is 2.00 bits per heavy atom. The van der Waals surface area contributed by atoms with Crippen LogP contribution < -0.4 is 5.32 Å². The number of alkyl halides is 1. The van der Waals surface area contributed by atoms with E-state index >= 15 is 0 Å². The second-order valence-corrected chi connectivity index (χ2v) is 4.95. The van der Waals surface area contributed by atoms with Crippen molar-refractivity contribution in [1.29, 1.82) is 0 Å². The van der Waals surface area contributed by atoms with Gasteiger partial charge in [0.25, 0.3) is 5.91 Å². The summed E-state index contributed by atoms with van der Waals surface area (Å²) in [5.41, 5.74) is 1.87. The van der Waals surface area contributed by atoms with Crippen LogP contribution in [0.25, 0.3) is 0 Å². The van der Waals surface area contributed by atoms with Gasteiger partial charge >= 0.3 is 0 Å². The Kier molecular flexibility index (Phi) is 3.49. The highest BCUT2D eigenvalue weighted by Crippen LogP contribution is 2.24. The van der Waals surface area contributed by atoms with Crippen LogP contribution >= 0.6 is 11.6 Å². The van der Waals surface area contributed by atoms with Gasteiger partial charge in [0.2, 0.25) is 0 Å². The lowest BCUT2D eigenvalue weighted by Gasteiger charge is -2.15. The molecule has 3 heteroatoms. The molecule has 86 valence electrons. The molecule has 2 atom stereocenters. The molecule has 1 aliphatic rings. The highest BCUT2D eigenvalue weighted by Gasteiger charge is 2.26. The van der Waals surface area contributed by atoms with Crippen molar-refractivity contribution in [2.24, 2.45) is 0 Å². The topological polar surface area (TPSA) is 29.1 Å². The second kappa shape index (κ2) is 4.88. The number of nitrogens with one attached hydrogen (secondary N) is 1. The molecule has 0 heterocycles. The fourth-order valence-corrected chi connectivity index (χ4v) is 2.38. The van der Waals surface area contributed by atoms with E-state index in [1.54, 1.807) is 0 Å². The first kappa shape index (κ1) is 11.5. The molecule has 0 aliphatic heterocycles. The van der Waals surface area contributed by atoms with Crippen molar-refractivity contribution in [2.75, 3.05) is 0 Å². The summed E-state index contributed by atoms with van der Waals surface area (Å²) in [7, 11) is 0. The highest BCUT2D eigenvalue weighted by atomic mass is 35.5. The Morgan fingerprint density at radius 3 is 2.56 bits per heavy atom. The van der Waals surface area contributed by atoms with Gasteiger partial charge in [-0.3, -0.25) is 4.79 Å². The van der Waals surface area contributed by atoms with Gasteiger partial charge in [-0.05, 0) is 38.3 Å². The number of halogens is 1. The van der Waals surface area contributed by atoms with Crippen LogP contribution in [0.4, 0.5) is 0 Å². The second-order valence-electron chi connectivity index (χ2n) is 4.39. The Balaban J connectivity index is 2.00. The van der Waals surface area contributed by atoms with Crippen molar-refractivity contribution >= 4 is 17.5 Å². The Bertz CT molecular complexity index is 374. The van der Waals surface area contributed by atoms with Gasteiger partial charge < -0.3 is 5.32 Å². The van der Waals surface area contributed by atoms with Crippen LogP contribution in [0.2, 0.25) is 0 Å². The first-order chi connectivity index (χ1) is 7.66. The quantitative estimate of drug-likeness (QED) is 0.788. The first-order valence-corrected chi connectivity index (χ1v) is 6.12. The third-order valence-corrected chi connectivity index (χ3v) is 3.58. The highest BCUT2D eigenvalue weighted by molar-refractivity contribution is 6.21. The van der Waals surface area contributed by atoms with Gasteiger partial charge in [0.15, 0.2) is 0 Å². The van der Waals surface area contributed by atoms with Gasteiger partial charge in [0, 0.05) is 11.6 Å². The maximum Gasteiger partial charge on any atom is 0.251 e. The molecule has 1 fully saturated rings. The fourth-order valence-electron chi connectivity index (χ4n) is 2.03. The van der Waals surface area contributed by atoms with Crippen LogP contribution in [-0.2, 0) is 0 Å². The van der Waals surface area contributed by atoms with Crippen molar-refractivity contribution in [3.05, 3.63) is 35.4 Å². The normalized spacial score (nSPS) is 24.4. The molecule has 1 aliphatic carbocycles. The van der Waals surface area contributed by atoms with Crippen LogP contribution in [0.3, 0.4) is 0 Å². The van der Waals surface area contributed by atoms with E-state index in [1.165, 1.54) is 0 Å². The largest absolute Gasteiger partial charge is 0.348 e. The molecule has 16 heavy (non-hydrogen) atoms. The summed E-state index contributed by atoms with van der Waals surface area (Å²) in [5, 5.41) is 3.09. The number of benzene rings is 1. The number of hydrogen-bond donors (Lipinski definition) is 1. The van der Waals surface area contributed by atoms with E-state index in [2.05, 4.69) is 5.32 Å². The van der Waals surface area contributed by atoms with Crippen molar-refractivity contribution in [1.82, 2.24) is 5.32 Å². The molecule has 1 aromatic carbocycles. The van der Waals surface area contributed by atoms with E-state index in [-0.39, 0.29) is 17.3 Å². The summed E-state index contributed by atoms with van der Waals surface area (Å²) < 4.78 is 0. The lowest BCUT2D eigenvalue weighted by molar-refractivity contribution is 0.0938. The SMILES string of the molecule is Cc1ccc(C(=O)NC2CCCC2Cl)cc1. The lowest BCUT2D eigenvalue weighted by atomic mass is 10.1. The van der Waals surface area contributed by atoms with Crippen molar-refractivity contribution in [3.63, 3.8) is 0 Å². The van der Waals surface area contributed by atoms with E-state index in [1.807, 2.05) is 31.2 Å². The van der Waals surface area contributed by atoms with E-state index in [9.17, 15) is 4.79 Å². The third-order valence-electron chi connectivity index (χ3n) is 3.06. The van der Waals surface area contributed by atoms with Crippen LogP contribution in [0.15, 0.2) is 24.3 Å². The number of rotatable bonds is 2. The van der Waals surface area contributed by atoms with Crippen LogP contribution in [0.1, 0.15) is 35.2 Å². The molecule has 0 aromatic heterocycles. The zero-order valence-corrected chi connectivity index (χ0v) is 10.1. The predicted octanol–water partition coefficient (Wildman–Crippen LogP) is 2.88. The van der Waals surface area contributed by atoms with Gasteiger partial charge in [-0.25, -0.2) is 0 Å². The van der Waals surface area contributed by atoms with Crippen LogP contribution in [0, 0.1) is 6.92 Å². The molecule has 1 aromatic rings. The molecule has 1 amide bonds. The minimum atomic E-state index is -0.0162. The summed E-state index contributed by atoms with van der Waals surface area (Å²) in [6.07, 6.45) is 3.10. The zero-order valence-electron chi connectivity index (χ0n) is 9.37. The van der Waals surface area contributed by atoms with Gasteiger partial charge in [-0.2, -0.15) is 0 Å². The maximum absolute atomic E-state index is 11.9. The number of aryl methyl sites for hydroxylation is 1. The minimum absolute atomic E-state index is 0.0162. The smallest absolute Gasteiger partial charge is 0.251 e. The first-order valence-electron chi connectivity index (χ1n) is 5.68.